The van der Waals surface area contributed by atoms with Crippen molar-refractivity contribution < 1.29 is 47.0 Å². The average molecular weight is 1730 g/mol. The number of carbonyl (C=O) groups excluding carboxylic acids is 4. The molecule has 0 saturated carbocycles. The van der Waals surface area contributed by atoms with Crippen LogP contribution in [0.2, 0.25) is 5.02 Å². The van der Waals surface area contributed by atoms with E-state index in [1.165, 1.54) is 18.2 Å². The Balaban J connectivity index is 0.00000150. The maximum Gasteiger partial charge on any atom is 0.359 e. The van der Waals surface area contributed by atoms with Crippen molar-refractivity contribution in [2.24, 2.45) is 10.2 Å². The molecule has 2 atom stereocenters. The minimum Gasteiger partial charge on any atom is -0.497 e. The predicted molar refractivity (Wildman–Crippen MR) is 416 cm³/mol. The van der Waals surface area contributed by atoms with Crippen molar-refractivity contribution in [3.8, 4) is 11.5 Å². The van der Waals surface area contributed by atoms with Gasteiger partial charge < -0.3 is 53.3 Å². The molecule has 500 valence electrons. The Hall–Kier alpha value is -7.68. The Morgan fingerprint density at radius 1 is 0.663 bits per heavy atom. The smallest absolute Gasteiger partial charge is 0.359 e. The summed E-state index contributed by atoms with van der Waals surface area (Å²) in [6, 6.07) is 52.9. The summed E-state index contributed by atoms with van der Waals surface area (Å²) in [6.07, 6.45) is 1.65. The van der Waals surface area contributed by atoms with E-state index in [4.69, 9.17) is 31.6 Å². The van der Waals surface area contributed by atoms with Crippen molar-refractivity contribution in [1.82, 2.24) is 15.0 Å². The van der Waals surface area contributed by atoms with Crippen LogP contribution < -0.4 is 29.1 Å². The van der Waals surface area contributed by atoms with E-state index in [-0.39, 0.29) is 60.5 Å². The van der Waals surface area contributed by atoms with Gasteiger partial charge in [0, 0.05) is 87.2 Å². The van der Waals surface area contributed by atoms with E-state index in [9.17, 15) is 28.7 Å². The summed E-state index contributed by atoms with van der Waals surface area (Å²) in [6.45, 7) is 0.984. The quantitative estimate of drug-likeness (QED) is 0.0139. The molecule has 3 aliphatic heterocycles. The molecular weight excluding hydrogens is 1670 g/mol. The SMILES string of the molecule is C.COc1ccc(C(OCN(CC(=O)N2CCc3c2ccc2[nH]c(C(=O)N4CCc5c4ccc4[nH]c(C(=O)N6CCc7c6ccc6[nH]c(C(=O)OP(F)P)cc76)cc54)cc32)c2ccc(N=Nc3ccc([N+](=O)[O-])cc3Cl)cc2)(c2ccccc2)c2ccc(OC)cc2)cc1.[2H][P+](I)(I)I. The van der Waals surface area contributed by atoms with Crippen molar-refractivity contribution in [2.75, 3.05) is 66.7 Å². The molecule has 98 heavy (non-hydrogen) atoms. The molecule has 0 saturated heterocycles. The van der Waals surface area contributed by atoms with Crippen LogP contribution >= 0.6 is 95.6 Å². The Labute approximate surface area is 612 Å². The fourth-order valence-electron chi connectivity index (χ4n) is 13.0. The number of ether oxygens (including phenoxy) is 3. The van der Waals surface area contributed by atoms with Crippen molar-refractivity contribution in [2.45, 2.75) is 32.3 Å². The molecule has 3 amide bonds. The van der Waals surface area contributed by atoms with E-state index in [1.54, 1.807) is 53.2 Å². The third-order valence-electron chi connectivity index (χ3n) is 17.5. The highest BCUT2D eigenvalue weighted by Crippen LogP contribution is 2.61. The lowest BCUT2D eigenvalue weighted by Gasteiger charge is -2.38. The first-order chi connectivity index (χ1) is 47.2. The molecule has 0 fully saturated rings. The number of azo groups is 1. The number of non-ortho nitro benzene ring substituents is 1. The molecule has 0 radical (unpaired) electrons. The van der Waals surface area contributed by atoms with Crippen LogP contribution in [-0.4, -0.2) is 92.0 Å². The second kappa shape index (κ2) is 30.0. The Morgan fingerprint density at radius 3 is 1.59 bits per heavy atom. The van der Waals surface area contributed by atoms with Gasteiger partial charge >= 0.3 is 5.97 Å². The number of amides is 3. The summed E-state index contributed by atoms with van der Waals surface area (Å²) in [7, 11) is 2.61. The van der Waals surface area contributed by atoms with E-state index in [1.807, 2.05) is 147 Å². The zero-order valence-electron chi connectivity index (χ0n) is 52.5. The molecule has 0 spiro atoms. The van der Waals surface area contributed by atoms with Crippen LogP contribution in [0.4, 0.5) is 44.0 Å². The van der Waals surface area contributed by atoms with E-state index in [0.717, 1.165) is 77.6 Å². The summed E-state index contributed by atoms with van der Waals surface area (Å²) >= 11 is 12.7. The fraction of sp³-hybridized carbons (Fsp3) is 0.171. The highest BCUT2D eigenvalue weighted by atomic mass is 127. The first-order valence-corrected chi connectivity index (χ1v) is 43.0. The monoisotopic (exact) mass is 1730 g/mol. The van der Waals surface area contributed by atoms with Crippen LogP contribution in [-0.2, 0) is 38.9 Å². The number of carbonyl (C=O) groups is 4. The van der Waals surface area contributed by atoms with Gasteiger partial charge in [-0.2, -0.15) is 9.31 Å². The van der Waals surface area contributed by atoms with Crippen LogP contribution in [0.5, 0.6) is 11.5 Å². The summed E-state index contributed by atoms with van der Waals surface area (Å²) in [5.41, 5.74) is 10.4. The Morgan fingerprint density at radius 2 is 1.12 bits per heavy atom. The number of benzene rings is 8. The number of nitro groups is 1. The highest BCUT2D eigenvalue weighted by Gasteiger charge is 2.40. The minimum absolute atomic E-state index is 0. The third-order valence-corrected chi connectivity index (χ3v) is 18.5. The van der Waals surface area contributed by atoms with E-state index < -0.39 is 25.4 Å². The van der Waals surface area contributed by atoms with Crippen molar-refractivity contribution >= 4 is 192 Å². The fourth-order valence-corrected chi connectivity index (χ4v) is 13.8. The maximum absolute atomic E-state index is 15.2. The first-order valence-electron chi connectivity index (χ1n) is 30.6. The summed E-state index contributed by atoms with van der Waals surface area (Å²) in [4.78, 5) is 84.4. The molecule has 3 aliphatic rings. The number of fused-ring (bicyclic) bond motifs is 9. The number of nitrogens with zero attached hydrogens (tertiary/aromatic N) is 7. The van der Waals surface area contributed by atoms with Gasteiger partial charge in [-0.05, 0) is 171 Å². The molecule has 6 heterocycles. The lowest BCUT2D eigenvalue weighted by Crippen LogP contribution is -2.43. The van der Waals surface area contributed by atoms with Crippen LogP contribution in [0.3, 0.4) is 0 Å². The highest BCUT2D eigenvalue weighted by molar-refractivity contribution is 14.4. The topological polar surface area (TPSA) is 233 Å². The van der Waals surface area contributed by atoms with Gasteiger partial charge in [0.2, 0.25) is 5.91 Å². The van der Waals surface area contributed by atoms with Crippen molar-refractivity contribution in [1.29, 1.82) is 1.28 Å². The number of nitro benzene ring substituents is 1. The molecular formula is C70H61ClFI3N10O10P3+. The predicted octanol–water partition coefficient (Wildman–Crippen LogP) is 19.0. The Kier molecular flexibility index (Phi) is 21.1. The molecule has 20 nitrogen and oxygen atoms in total. The zero-order valence-corrected chi connectivity index (χ0v) is 61.6. The van der Waals surface area contributed by atoms with Gasteiger partial charge in [-0.3, -0.25) is 24.5 Å². The standard InChI is InChI=1S/C69H56ClFN10O10P2.CH4.I3P/c1-88-46-17-8-41(9-18-46)69(40-6-4-3-5-7-40,42-10-19-47(89-2)20-11-42)90-39-77(44-14-12-43(13-15-44)75-76-58-21-16-45(81(86)87)34-54(58)70)38-65(82)78-31-28-48-51-35-59(72-55(51)22-25-62(48)78)66(83)79-32-29-49-52-36-60(73-56(52)23-26-63(49)79)67(84)80-33-30-50-53-37-61(68(85)91-93(71)92)74-57(53)24-27-64(50)80;;1-4(2)3/h3-27,34-37,72-74H,28-33,38-39,92H2,1-2H3;1H4;/p+1/i/hD. The second-order valence-electron chi connectivity index (χ2n) is 22.8. The van der Waals surface area contributed by atoms with Gasteiger partial charge in [-0.15, -0.1) is 5.11 Å². The van der Waals surface area contributed by atoms with E-state index in [2.05, 4.69) is 91.3 Å². The average Bonchev–Trinajstić information content (AvgIpc) is 1.74. The number of aromatic nitrogens is 3. The van der Waals surface area contributed by atoms with E-state index in [0.29, 0.717) is 78.7 Å². The molecule has 0 bridgehead atoms. The normalized spacial score (nSPS) is 13.8. The number of nitrogens with one attached hydrogen (secondary N) is 3. The van der Waals surface area contributed by atoms with Gasteiger partial charge in [-0.1, -0.05) is 73.6 Å². The van der Waals surface area contributed by atoms with Crippen LogP contribution in [0.15, 0.2) is 186 Å². The lowest BCUT2D eigenvalue weighted by atomic mass is 9.80. The largest absolute Gasteiger partial charge is 0.497 e. The summed E-state index contributed by atoms with van der Waals surface area (Å²) in [5, 5.41) is 22.5. The number of aromatic amines is 3. The van der Waals surface area contributed by atoms with Crippen molar-refractivity contribution in [3.05, 3.63) is 242 Å². The lowest BCUT2D eigenvalue weighted by molar-refractivity contribution is -0.384. The number of anilines is 4. The molecule has 28 heteroatoms. The molecule has 3 N–H and O–H groups in total. The van der Waals surface area contributed by atoms with Gasteiger partial charge in [0.1, 0.15) is 46.6 Å². The second-order valence-corrected chi connectivity index (χ2v) is 50.8. The number of hydrogen-bond donors (Lipinski definition) is 3. The molecule has 3 aromatic heterocycles. The first kappa shape index (κ1) is 68.8. The molecule has 14 rings (SSSR count). The molecule has 0 aliphatic carbocycles. The number of hydrogen-bond acceptors (Lipinski definition) is 13. The van der Waals surface area contributed by atoms with Crippen LogP contribution in [0, 0.1) is 10.1 Å². The number of halogens is 5. The van der Waals surface area contributed by atoms with Gasteiger partial charge in [-0.25, -0.2) is 4.79 Å². The number of H-pyrrole nitrogens is 3. The third kappa shape index (κ3) is 14.1. The molecule has 2 unspecified atom stereocenters. The zero-order chi connectivity index (χ0) is 68.7. The number of rotatable bonds is 18. The minimum atomic E-state index is -2.47. The summed E-state index contributed by atoms with van der Waals surface area (Å²) < 4.78 is 42.7. The van der Waals surface area contributed by atoms with Gasteiger partial charge in [0.15, 0.2) is 66.9 Å². The molecule has 11 aromatic rings. The van der Waals surface area contributed by atoms with Crippen LogP contribution in [0.25, 0.3) is 32.7 Å². The van der Waals surface area contributed by atoms with E-state index >= 15 is 4.79 Å². The maximum atomic E-state index is 15.2. The van der Waals surface area contributed by atoms with Crippen LogP contribution in [0.1, 0.15) is 72.3 Å². The molecule has 8 aromatic carbocycles. The van der Waals surface area contributed by atoms with Gasteiger partial charge in [0.05, 0.1) is 36.4 Å². The van der Waals surface area contributed by atoms with Crippen molar-refractivity contribution in [3.63, 3.8) is 0 Å². The summed E-state index contributed by atoms with van der Waals surface area (Å²) in [5.74, 6) is -0.119. The Bertz CT molecular complexity index is 4920. The number of methoxy groups -OCH3 is 2. The van der Waals surface area contributed by atoms with Gasteiger partial charge in [0.25, 0.3) is 26.9 Å².